The molecule has 0 spiro atoms. The van der Waals surface area contributed by atoms with E-state index in [1.54, 1.807) is 6.92 Å². The molecule has 1 rings (SSSR count). The fraction of sp³-hybridized carbons (Fsp3) is 0.769. The second-order valence-corrected chi connectivity index (χ2v) is 6.84. The molecular formula is C13H24O4Si. The van der Waals surface area contributed by atoms with Gasteiger partial charge in [0.2, 0.25) is 0 Å². The molecule has 1 heterocycles. The Kier molecular flexibility index (Phi) is 7.23. The lowest BCUT2D eigenvalue weighted by atomic mass is 10.2. The van der Waals surface area contributed by atoms with Crippen molar-refractivity contribution in [3.8, 4) is 0 Å². The molecule has 5 heteroatoms. The van der Waals surface area contributed by atoms with Crippen LogP contribution in [0.15, 0.2) is 12.2 Å². The first kappa shape index (κ1) is 15.4. The van der Waals surface area contributed by atoms with E-state index in [2.05, 4.69) is 13.5 Å². The Morgan fingerprint density at radius 2 is 2.28 bits per heavy atom. The van der Waals surface area contributed by atoms with Crippen molar-refractivity contribution in [2.75, 3.05) is 13.2 Å². The van der Waals surface area contributed by atoms with Crippen LogP contribution in [0.2, 0.25) is 6.04 Å². The summed E-state index contributed by atoms with van der Waals surface area (Å²) in [5, 5.41) is 0. The van der Waals surface area contributed by atoms with Crippen molar-refractivity contribution in [2.45, 2.75) is 51.7 Å². The van der Waals surface area contributed by atoms with Crippen LogP contribution in [-0.4, -0.2) is 34.6 Å². The third kappa shape index (κ3) is 6.33. The molecule has 18 heavy (non-hydrogen) atoms. The molecule has 0 N–H and O–H groups in total. The van der Waals surface area contributed by atoms with Crippen LogP contribution in [0, 0.1) is 0 Å². The molecule has 1 aliphatic heterocycles. The fourth-order valence-electron chi connectivity index (χ4n) is 1.80. The molecule has 0 amide bonds. The molecule has 1 fully saturated rings. The molecule has 2 atom stereocenters. The molecule has 104 valence electrons. The summed E-state index contributed by atoms with van der Waals surface area (Å²) >= 11 is 0. The van der Waals surface area contributed by atoms with E-state index in [1.807, 2.05) is 0 Å². The maximum Gasteiger partial charge on any atom is 0.333 e. The van der Waals surface area contributed by atoms with E-state index in [9.17, 15) is 4.79 Å². The van der Waals surface area contributed by atoms with Crippen LogP contribution in [0.25, 0.3) is 0 Å². The maximum atomic E-state index is 11.1. The van der Waals surface area contributed by atoms with Gasteiger partial charge in [0, 0.05) is 18.3 Å². The van der Waals surface area contributed by atoms with E-state index in [4.69, 9.17) is 13.6 Å². The highest BCUT2D eigenvalue weighted by atomic mass is 28.3. The summed E-state index contributed by atoms with van der Waals surface area (Å²) in [5.41, 5.74) is 0.447. The molecule has 4 nitrogen and oxygen atoms in total. The SMILES string of the molecule is C=C(C)C(=O)OCCCC(C)O[SiH]1CCCCO1. The van der Waals surface area contributed by atoms with Crippen molar-refractivity contribution < 1.29 is 18.4 Å². The highest BCUT2D eigenvalue weighted by molar-refractivity contribution is 6.44. The number of ether oxygens (including phenoxy) is 1. The zero-order valence-electron chi connectivity index (χ0n) is 11.4. The molecule has 0 saturated carbocycles. The molecule has 2 unspecified atom stereocenters. The lowest BCUT2D eigenvalue weighted by Gasteiger charge is -2.24. The Balaban J connectivity index is 2.04. The Hall–Kier alpha value is -0.653. The van der Waals surface area contributed by atoms with Gasteiger partial charge >= 0.3 is 15.3 Å². The molecule has 0 aliphatic carbocycles. The van der Waals surface area contributed by atoms with Crippen LogP contribution in [0.3, 0.4) is 0 Å². The highest BCUT2D eigenvalue weighted by Gasteiger charge is 2.19. The summed E-state index contributed by atoms with van der Waals surface area (Å²) in [4.78, 5) is 11.1. The van der Waals surface area contributed by atoms with Gasteiger partial charge in [0.15, 0.2) is 0 Å². The van der Waals surface area contributed by atoms with Gasteiger partial charge in [0.25, 0.3) is 0 Å². The minimum atomic E-state index is -1.39. The predicted octanol–water partition coefficient (Wildman–Crippen LogP) is 2.32. The normalized spacial score (nSPS) is 21.3. The van der Waals surface area contributed by atoms with Crippen LogP contribution < -0.4 is 0 Å². The first-order chi connectivity index (χ1) is 8.59. The van der Waals surface area contributed by atoms with Crippen molar-refractivity contribution in [1.29, 1.82) is 0 Å². The van der Waals surface area contributed by atoms with E-state index in [0.717, 1.165) is 31.9 Å². The van der Waals surface area contributed by atoms with Gasteiger partial charge in [0.05, 0.1) is 6.61 Å². The second kappa shape index (κ2) is 8.45. The average molecular weight is 272 g/mol. The van der Waals surface area contributed by atoms with E-state index in [-0.39, 0.29) is 12.1 Å². The van der Waals surface area contributed by atoms with Crippen molar-refractivity contribution >= 4 is 15.3 Å². The Bertz CT molecular complexity index is 274. The van der Waals surface area contributed by atoms with Crippen molar-refractivity contribution in [2.24, 2.45) is 0 Å². The van der Waals surface area contributed by atoms with Gasteiger partial charge in [-0.05, 0) is 45.6 Å². The Morgan fingerprint density at radius 1 is 1.50 bits per heavy atom. The van der Waals surface area contributed by atoms with Crippen LogP contribution in [0.1, 0.15) is 39.5 Å². The smallest absolute Gasteiger partial charge is 0.333 e. The minimum Gasteiger partial charge on any atom is -0.462 e. The molecule has 0 aromatic rings. The third-order valence-corrected chi connectivity index (χ3v) is 5.11. The molecule has 1 saturated heterocycles. The standard InChI is InChI=1S/C13H24O4Si/c1-11(2)13(14)15-8-6-7-12(3)17-18-10-5-4-9-16-18/h12,18H,1,4-10H2,2-3H3. The van der Waals surface area contributed by atoms with E-state index < -0.39 is 9.28 Å². The number of hydrogen-bond donors (Lipinski definition) is 0. The summed E-state index contributed by atoms with van der Waals surface area (Å²) in [5.74, 6) is -0.312. The summed E-state index contributed by atoms with van der Waals surface area (Å²) in [7, 11) is -1.39. The molecule has 0 radical (unpaired) electrons. The van der Waals surface area contributed by atoms with Crippen molar-refractivity contribution in [1.82, 2.24) is 0 Å². The van der Waals surface area contributed by atoms with Gasteiger partial charge in [-0.2, -0.15) is 0 Å². The minimum absolute atomic E-state index is 0.197. The quantitative estimate of drug-likeness (QED) is 0.309. The van der Waals surface area contributed by atoms with Gasteiger partial charge in [-0.1, -0.05) is 6.58 Å². The molecule has 0 bridgehead atoms. The van der Waals surface area contributed by atoms with Gasteiger partial charge in [-0.25, -0.2) is 4.79 Å². The number of rotatable bonds is 7. The summed E-state index contributed by atoms with van der Waals surface area (Å²) in [6, 6.07) is 1.12. The Morgan fingerprint density at radius 3 is 2.89 bits per heavy atom. The summed E-state index contributed by atoms with van der Waals surface area (Å²) in [6.07, 6.45) is 4.32. The van der Waals surface area contributed by atoms with E-state index in [1.165, 1.54) is 6.42 Å². The first-order valence-electron chi connectivity index (χ1n) is 6.69. The lowest BCUT2D eigenvalue weighted by Crippen LogP contribution is -2.31. The van der Waals surface area contributed by atoms with E-state index in [0.29, 0.717) is 12.2 Å². The zero-order chi connectivity index (χ0) is 13.4. The van der Waals surface area contributed by atoms with Crippen LogP contribution >= 0.6 is 0 Å². The maximum absolute atomic E-state index is 11.1. The number of carbonyl (C=O) groups excluding carboxylic acids is 1. The van der Waals surface area contributed by atoms with Crippen molar-refractivity contribution in [3.05, 3.63) is 12.2 Å². The van der Waals surface area contributed by atoms with Crippen LogP contribution in [0.4, 0.5) is 0 Å². The molecule has 0 aromatic heterocycles. The molecular weight excluding hydrogens is 248 g/mol. The number of esters is 1. The van der Waals surface area contributed by atoms with Gasteiger partial charge in [-0.3, -0.25) is 0 Å². The van der Waals surface area contributed by atoms with Crippen molar-refractivity contribution in [3.63, 3.8) is 0 Å². The average Bonchev–Trinajstić information content (AvgIpc) is 2.35. The predicted molar refractivity (Wildman–Crippen MR) is 72.7 cm³/mol. The monoisotopic (exact) mass is 272 g/mol. The molecule has 1 aliphatic rings. The van der Waals surface area contributed by atoms with Gasteiger partial charge in [0.1, 0.15) is 0 Å². The second-order valence-electron chi connectivity index (χ2n) is 4.80. The zero-order valence-corrected chi connectivity index (χ0v) is 12.6. The number of carbonyl (C=O) groups is 1. The molecule has 0 aromatic carbocycles. The fourth-order valence-corrected chi connectivity index (χ4v) is 3.89. The summed E-state index contributed by atoms with van der Waals surface area (Å²) < 4.78 is 16.6. The summed E-state index contributed by atoms with van der Waals surface area (Å²) in [6.45, 7) is 8.55. The first-order valence-corrected chi connectivity index (χ1v) is 8.45. The van der Waals surface area contributed by atoms with Gasteiger partial charge < -0.3 is 13.6 Å². The topological polar surface area (TPSA) is 44.8 Å². The van der Waals surface area contributed by atoms with E-state index >= 15 is 0 Å². The lowest BCUT2D eigenvalue weighted by molar-refractivity contribution is -0.139. The Labute approximate surface area is 111 Å². The van der Waals surface area contributed by atoms with Crippen LogP contribution in [0.5, 0.6) is 0 Å². The third-order valence-electron chi connectivity index (χ3n) is 2.86. The van der Waals surface area contributed by atoms with Gasteiger partial charge in [-0.15, -0.1) is 0 Å². The number of hydrogen-bond acceptors (Lipinski definition) is 4. The highest BCUT2D eigenvalue weighted by Crippen LogP contribution is 2.15. The largest absolute Gasteiger partial charge is 0.462 e. The van der Waals surface area contributed by atoms with Crippen LogP contribution in [-0.2, 0) is 18.4 Å².